The van der Waals surface area contributed by atoms with Gasteiger partial charge in [-0.05, 0) is 0 Å². The zero-order chi connectivity index (χ0) is 8.69. The van der Waals surface area contributed by atoms with Gasteiger partial charge < -0.3 is 15.9 Å². The quantitative estimate of drug-likeness (QED) is 0.421. The third-order valence-corrected chi connectivity index (χ3v) is 1.22. The van der Waals surface area contributed by atoms with Crippen LogP contribution in [0.25, 0.3) is 0 Å². The Bertz CT molecular complexity index is 117. The van der Waals surface area contributed by atoms with Crippen molar-refractivity contribution >= 4 is 57.4 Å². The number of aliphatic hydroxyl groups excluding tert-OH is 1. The second kappa shape index (κ2) is 10.1. The molecule has 12 heavy (non-hydrogen) atoms. The van der Waals surface area contributed by atoms with E-state index in [0.717, 1.165) is 0 Å². The average molecular weight is 202 g/mol. The Labute approximate surface area is 114 Å². The van der Waals surface area contributed by atoms with Gasteiger partial charge in [0.05, 0.1) is 13.2 Å². The molecule has 4 N–H and O–H groups in total. The molecule has 0 aliphatic heterocycles. The fourth-order valence-corrected chi connectivity index (χ4v) is 0.785. The summed E-state index contributed by atoms with van der Waals surface area (Å²) >= 11 is 0. The molecule has 0 spiro atoms. The van der Waals surface area contributed by atoms with Crippen LogP contribution in [0.4, 0.5) is 0 Å². The number of hydrogen-bond acceptors (Lipinski definition) is 4. The van der Waals surface area contributed by atoms with Gasteiger partial charge in [-0.15, -0.1) is 0 Å². The van der Waals surface area contributed by atoms with Crippen LogP contribution in [0.5, 0.6) is 0 Å². The second-order valence-electron chi connectivity index (χ2n) is 2.18. The van der Waals surface area contributed by atoms with E-state index in [1.54, 1.807) is 4.90 Å². The number of aliphatic hydroxyl groups is 1. The van der Waals surface area contributed by atoms with Gasteiger partial charge in [0, 0.05) is 19.6 Å². The topological polar surface area (TPSA) is 86.8 Å². The molecule has 0 atom stereocenters. The summed E-state index contributed by atoms with van der Waals surface area (Å²) < 4.78 is 0. The first-order valence-electron chi connectivity index (χ1n) is 3.45. The number of carbonyl (C=O) groups is 1. The van der Waals surface area contributed by atoms with Crippen molar-refractivity contribution in [2.75, 3.05) is 32.8 Å². The standard InChI is InChI=1S/C6H14N2O3.K.H/c7-1-2-8(3-4-9)5-6(10)11;;/h9H,1-5,7H2,(H,10,11);;. The van der Waals surface area contributed by atoms with Gasteiger partial charge in [0.2, 0.25) is 0 Å². The van der Waals surface area contributed by atoms with Crippen molar-refractivity contribution in [1.29, 1.82) is 0 Å². The molecule has 5 nitrogen and oxygen atoms in total. The van der Waals surface area contributed by atoms with Crippen LogP contribution in [-0.2, 0) is 4.79 Å². The van der Waals surface area contributed by atoms with Crippen LogP contribution in [0.3, 0.4) is 0 Å². The van der Waals surface area contributed by atoms with Crippen molar-refractivity contribution in [2.45, 2.75) is 0 Å². The van der Waals surface area contributed by atoms with Crippen molar-refractivity contribution < 1.29 is 15.0 Å². The summed E-state index contributed by atoms with van der Waals surface area (Å²) in [4.78, 5) is 11.8. The van der Waals surface area contributed by atoms with Crippen molar-refractivity contribution in [3.63, 3.8) is 0 Å². The fraction of sp³-hybridized carbons (Fsp3) is 0.833. The van der Waals surface area contributed by atoms with Gasteiger partial charge in [0.1, 0.15) is 0 Å². The SMILES string of the molecule is NCCN(CCO)CC(=O)O.[KH]. The van der Waals surface area contributed by atoms with Crippen LogP contribution < -0.4 is 5.73 Å². The van der Waals surface area contributed by atoms with Crippen LogP contribution in [0, 0.1) is 0 Å². The molecule has 0 saturated heterocycles. The number of nitrogens with two attached hydrogens (primary N) is 1. The molecule has 0 amide bonds. The Kier molecular flexibility index (Phi) is 13.0. The van der Waals surface area contributed by atoms with E-state index in [2.05, 4.69) is 0 Å². The van der Waals surface area contributed by atoms with E-state index in [9.17, 15) is 4.79 Å². The zero-order valence-corrected chi connectivity index (χ0v) is 6.36. The molecule has 0 aromatic carbocycles. The third kappa shape index (κ3) is 9.08. The van der Waals surface area contributed by atoms with Gasteiger partial charge in [0.15, 0.2) is 0 Å². The summed E-state index contributed by atoms with van der Waals surface area (Å²) in [7, 11) is 0. The molecule has 68 valence electrons. The maximum atomic E-state index is 10.2. The monoisotopic (exact) mass is 202 g/mol. The first-order valence-corrected chi connectivity index (χ1v) is 3.45. The first kappa shape index (κ1) is 15.5. The number of rotatable bonds is 6. The molecular weight excluding hydrogens is 187 g/mol. The molecule has 0 rings (SSSR count). The molecule has 0 fully saturated rings. The summed E-state index contributed by atoms with van der Waals surface area (Å²) in [6, 6.07) is 0. The Balaban J connectivity index is 0. The summed E-state index contributed by atoms with van der Waals surface area (Å²) in [6.45, 7) is 1.19. The van der Waals surface area contributed by atoms with Gasteiger partial charge in [-0.2, -0.15) is 0 Å². The van der Waals surface area contributed by atoms with Crippen molar-refractivity contribution in [1.82, 2.24) is 4.90 Å². The summed E-state index contributed by atoms with van der Waals surface area (Å²) in [6.07, 6.45) is 0. The fourth-order valence-electron chi connectivity index (χ4n) is 0.785. The minimum atomic E-state index is -0.896. The number of carboxylic acid groups (broad SMARTS) is 1. The molecule has 0 bridgehead atoms. The van der Waals surface area contributed by atoms with Crippen molar-refractivity contribution in [3.05, 3.63) is 0 Å². The Morgan fingerprint density at radius 1 is 1.42 bits per heavy atom. The summed E-state index contributed by atoms with van der Waals surface area (Å²) in [5.41, 5.74) is 5.22. The van der Waals surface area contributed by atoms with E-state index in [-0.39, 0.29) is 64.5 Å². The molecule has 0 aliphatic carbocycles. The van der Waals surface area contributed by atoms with Gasteiger partial charge in [-0.1, -0.05) is 0 Å². The predicted molar refractivity (Wildman–Crippen MR) is 47.4 cm³/mol. The molecule has 0 aliphatic rings. The van der Waals surface area contributed by atoms with Gasteiger partial charge >= 0.3 is 57.4 Å². The molecule has 0 aromatic heterocycles. The van der Waals surface area contributed by atoms with Crippen molar-refractivity contribution in [2.24, 2.45) is 5.73 Å². The Hall–Kier alpha value is 0.986. The summed E-state index contributed by atoms with van der Waals surface area (Å²) in [5.74, 6) is -0.896. The molecule has 0 radical (unpaired) electrons. The van der Waals surface area contributed by atoms with E-state index in [1.807, 2.05) is 0 Å². The number of hydrogen-bond donors (Lipinski definition) is 3. The molecule has 0 unspecified atom stereocenters. The summed E-state index contributed by atoms with van der Waals surface area (Å²) in [5, 5.41) is 16.9. The van der Waals surface area contributed by atoms with Crippen molar-refractivity contribution in [3.8, 4) is 0 Å². The average Bonchev–Trinajstić information content (AvgIpc) is 1.87. The van der Waals surface area contributed by atoms with Crippen LogP contribution in [-0.4, -0.2) is 105 Å². The van der Waals surface area contributed by atoms with Gasteiger partial charge in [-0.3, -0.25) is 9.69 Å². The van der Waals surface area contributed by atoms with E-state index >= 15 is 0 Å². The van der Waals surface area contributed by atoms with Crippen LogP contribution in [0.1, 0.15) is 0 Å². The minimum absolute atomic E-state index is 0. The maximum absolute atomic E-state index is 10.2. The normalized spacial score (nSPS) is 9.58. The van der Waals surface area contributed by atoms with E-state index in [4.69, 9.17) is 15.9 Å². The molecule has 0 heterocycles. The Morgan fingerprint density at radius 3 is 2.33 bits per heavy atom. The molecular formula is C6H15KN2O3. The van der Waals surface area contributed by atoms with Crippen LogP contribution in [0.2, 0.25) is 0 Å². The number of aliphatic carboxylic acids is 1. The first-order chi connectivity index (χ1) is 5.20. The van der Waals surface area contributed by atoms with Crippen LogP contribution >= 0.6 is 0 Å². The molecule has 6 heteroatoms. The molecule has 0 saturated carbocycles. The second-order valence-corrected chi connectivity index (χ2v) is 2.18. The number of carboxylic acids is 1. The van der Waals surface area contributed by atoms with E-state index < -0.39 is 5.97 Å². The predicted octanol–water partition coefficient (Wildman–Crippen LogP) is -2.32. The van der Waals surface area contributed by atoms with E-state index in [1.165, 1.54) is 0 Å². The van der Waals surface area contributed by atoms with Crippen LogP contribution in [0.15, 0.2) is 0 Å². The van der Waals surface area contributed by atoms with Gasteiger partial charge in [-0.25, -0.2) is 0 Å². The molecule has 0 aromatic rings. The van der Waals surface area contributed by atoms with E-state index in [0.29, 0.717) is 19.6 Å². The Morgan fingerprint density at radius 2 is 2.00 bits per heavy atom. The third-order valence-electron chi connectivity index (χ3n) is 1.22. The number of nitrogens with zero attached hydrogens (tertiary/aromatic N) is 1. The zero-order valence-electron chi connectivity index (χ0n) is 6.36. The van der Waals surface area contributed by atoms with Gasteiger partial charge in [0.25, 0.3) is 0 Å².